The fourth-order valence-electron chi connectivity index (χ4n) is 3.53. The van der Waals surface area contributed by atoms with Gasteiger partial charge in [-0.2, -0.15) is 4.80 Å². The molecule has 2 aromatic heterocycles. The number of tetrazole rings is 1. The van der Waals surface area contributed by atoms with E-state index in [-0.39, 0.29) is 24.9 Å². The molecule has 1 aliphatic rings. The fourth-order valence-corrected chi connectivity index (χ4v) is 3.70. The first-order valence-electron chi connectivity index (χ1n) is 9.52. The first-order valence-corrected chi connectivity index (χ1v) is 9.90. The molecular formula is C20H20ClN7O3. The number of aromatic amines is 1. The number of benzene rings is 1. The van der Waals surface area contributed by atoms with Gasteiger partial charge in [0.05, 0.1) is 23.8 Å². The van der Waals surface area contributed by atoms with E-state index in [1.807, 2.05) is 0 Å². The van der Waals surface area contributed by atoms with Crippen molar-refractivity contribution in [3.05, 3.63) is 57.6 Å². The third-order valence-corrected chi connectivity index (χ3v) is 5.26. The van der Waals surface area contributed by atoms with E-state index in [1.54, 1.807) is 38.1 Å². The average molecular weight is 442 g/mol. The van der Waals surface area contributed by atoms with E-state index in [4.69, 9.17) is 11.6 Å². The van der Waals surface area contributed by atoms with Crippen LogP contribution in [0.2, 0.25) is 5.02 Å². The van der Waals surface area contributed by atoms with Crippen molar-refractivity contribution in [2.45, 2.75) is 26.5 Å². The van der Waals surface area contributed by atoms with Crippen LogP contribution in [-0.2, 0) is 11.3 Å². The van der Waals surface area contributed by atoms with Gasteiger partial charge in [-0.05, 0) is 48.9 Å². The van der Waals surface area contributed by atoms with Gasteiger partial charge in [0.1, 0.15) is 0 Å². The summed E-state index contributed by atoms with van der Waals surface area (Å²) in [5, 5.41) is 27.2. The second kappa shape index (κ2) is 8.32. The zero-order valence-electron chi connectivity index (χ0n) is 16.8. The zero-order valence-corrected chi connectivity index (χ0v) is 17.6. The molecule has 0 saturated heterocycles. The quantitative estimate of drug-likeness (QED) is 0.428. The molecule has 1 unspecified atom stereocenters. The number of carbonyl (C=O) groups excluding carboxylic acids is 2. The topological polar surface area (TPSA) is 138 Å². The number of aliphatic hydroxyl groups is 1. The van der Waals surface area contributed by atoms with Crippen LogP contribution >= 0.6 is 11.6 Å². The van der Waals surface area contributed by atoms with Crippen molar-refractivity contribution in [1.82, 2.24) is 30.5 Å². The maximum absolute atomic E-state index is 12.7. The Labute approximate surface area is 182 Å². The first-order chi connectivity index (χ1) is 14.8. The monoisotopic (exact) mass is 441 g/mol. The van der Waals surface area contributed by atoms with Gasteiger partial charge in [0.25, 0.3) is 11.8 Å². The minimum atomic E-state index is -0.872. The molecule has 10 nitrogen and oxygen atoms in total. The highest BCUT2D eigenvalue weighted by Gasteiger charge is 2.26. The van der Waals surface area contributed by atoms with Gasteiger partial charge in [0, 0.05) is 34.2 Å². The summed E-state index contributed by atoms with van der Waals surface area (Å²) >= 11 is 6.09. The Hall–Kier alpha value is -3.50. The molecular weight excluding hydrogens is 422 g/mol. The van der Waals surface area contributed by atoms with Gasteiger partial charge in [-0.25, -0.2) is 0 Å². The number of anilines is 1. The summed E-state index contributed by atoms with van der Waals surface area (Å²) in [4.78, 5) is 29.6. The molecule has 0 bridgehead atoms. The number of H-pyrrole nitrogens is 1. The molecule has 3 heterocycles. The molecule has 0 spiro atoms. The van der Waals surface area contributed by atoms with Crippen molar-refractivity contribution in [3.8, 4) is 0 Å². The molecule has 31 heavy (non-hydrogen) atoms. The average Bonchev–Trinajstić information content (AvgIpc) is 3.40. The lowest BCUT2D eigenvalue weighted by Crippen LogP contribution is -2.35. The van der Waals surface area contributed by atoms with Gasteiger partial charge < -0.3 is 20.7 Å². The van der Waals surface area contributed by atoms with Crippen LogP contribution in [0.5, 0.6) is 0 Å². The van der Waals surface area contributed by atoms with Gasteiger partial charge in [-0.1, -0.05) is 11.6 Å². The molecule has 4 N–H and O–H groups in total. The number of nitrogens with zero attached hydrogens (tertiary/aromatic N) is 4. The van der Waals surface area contributed by atoms with Crippen LogP contribution in [0.15, 0.2) is 24.5 Å². The Morgan fingerprint density at radius 2 is 2.19 bits per heavy atom. The number of aromatic nitrogens is 5. The molecule has 160 valence electrons. The standard InChI is InChI=1S/C20H20ClN7O3/c1-10-17(6-15-14-5-12(21)3-4-16(14)26-19(15)30)25-11(2)18(10)20(31)22-7-13(29)8-28-24-9-23-27-28/h3-6,9,13,25,29H,7-8H2,1-2H3,(H,22,31)(H,26,30). The van der Waals surface area contributed by atoms with Gasteiger partial charge in [-0.3, -0.25) is 9.59 Å². The van der Waals surface area contributed by atoms with Crippen LogP contribution in [0.25, 0.3) is 11.6 Å². The molecule has 1 aliphatic heterocycles. The third-order valence-electron chi connectivity index (χ3n) is 5.02. The number of carbonyl (C=O) groups is 2. The van der Waals surface area contributed by atoms with E-state index in [1.165, 1.54) is 11.1 Å². The Kier molecular flexibility index (Phi) is 5.57. The third kappa shape index (κ3) is 4.21. The minimum absolute atomic E-state index is 0.0230. The van der Waals surface area contributed by atoms with Crippen LogP contribution in [-0.4, -0.2) is 54.8 Å². The lowest BCUT2D eigenvalue weighted by atomic mass is 10.0. The van der Waals surface area contributed by atoms with Crippen LogP contribution in [0, 0.1) is 13.8 Å². The molecule has 1 atom stereocenters. The van der Waals surface area contributed by atoms with Crippen molar-refractivity contribution in [2.24, 2.45) is 0 Å². The maximum Gasteiger partial charge on any atom is 0.256 e. The molecule has 11 heteroatoms. The summed E-state index contributed by atoms with van der Waals surface area (Å²) in [5.74, 6) is -0.569. The number of nitrogens with one attached hydrogen (secondary N) is 3. The lowest BCUT2D eigenvalue weighted by molar-refractivity contribution is -0.110. The molecule has 0 fully saturated rings. The highest BCUT2D eigenvalue weighted by atomic mass is 35.5. The summed E-state index contributed by atoms with van der Waals surface area (Å²) in [6.07, 6.45) is 2.11. The highest BCUT2D eigenvalue weighted by Crippen LogP contribution is 2.35. The van der Waals surface area contributed by atoms with Gasteiger partial charge >= 0.3 is 0 Å². The Morgan fingerprint density at radius 3 is 2.94 bits per heavy atom. The van der Waals surface area contributed by atoms with E-state index < -0.39 is 6.10 Å². The molecule has 2 amide bonds. The van der Waals surface area contributed by atoms with E-state index in [2.05, 4.69) is 31.0 Å². The number of amides is 2. The number of aryl methyl sites for hydroxylation is 1. The van der Waals surface area contributed by atoms with Crippen LogP contribution in [0.1, 0.15) is 32.9 Å². The number of aliphatic hydroxyl groups excluding tert-OH is 1. The molecule has 0 radical (unpaired) electrons. The number of fused-ring (bicyclic) bond motifs is 1. The Bertz CT molecular complexity index is 1180. The largest absolute Gasteiger partial charge is 0.389 e. The second-order valence-electron chi connectivity index (χ2n) is 7.22. The fraction of sp³-hybridized carbons (Fsp3) is 0.250. The van der Waals surface area contributed by atoms with E-state index in [0.29, 0.717) is 44.4 Å². The predicted octanol–water partition coefficient (Wildman–Crippen LogP) is 1.56. The van der Waals surface area contributed by atoms with Gasteiger partial charge in [0.15, 0.2) is 6.33 Å². The molecule has 0 saturated carbocycles. The Balaban J connectivity index is 1.53. The van der Waals surface area contributed by atoms with Crippen molar-refractivity contribution < 1.29 is 14.7 Å². The maximum atomic E-state index is 12.7. The van der Waals surface area contributed by atoms with E-state index in [9.17, 15) is 14.7 Å². The van der Waals surface area contributed by atoms with E-state index >= 15 is 0 Å². The van der Waals surface area contributed by atoms with E-state index in [0.717, 1.165) is 0 Å². The lowest BCUT2D eigenvalue weighted by Gasteiger charge is -2.11. The van der Waals surface area contributed by atoms with Crippen molar-refractivity contribution >= 4 is 40.8 Å². The predicted molar refractivity (Wildman–Crippen MR) is 114 cm³/mol. The summed E-state index contributed by atoms with van der Waals surface area (Å²) in [6, 6.07) is 5.19. The van der Waals surface area contributed by atoms with Gasteiger partial charge in [-0.15, -0.1) is 10.2 Å². The zero-order chi connectivity index (χ0) is 22.1. The van der Waals surface area contributed by atoms with Crippen LogP contribution in [0.4, 0.5) is 5.69 Å². The van der Waals surface area contributed by atoms with Gasteiger partial charge in [0.2, 0.25) is 0 Å². The molecule has 4 rings (SSSR count). The minimum Gasteiger partial charge on any atom is -0.389 e. The highest BCUT2D eigenvalue weighted by molar-refractivity contribution is 6.36. The Morgan fingerprint density at radius 1 is 1.39 bits per heavy atom. The van der Waals surface area contributed by atoms with Crippen molar-refractivity contribution in [2.75, 3.05) is 11.9 Å². The van der Waals surface area contributed by atoms with Crippen LogP contribution < -0.4 is 10.6 Å². The summed E-state index contributed by atoms with van der Waals surface area (Å²) < 4.78 is 0. The second-order valence-corrected chi connectivity index (χ2v) is 7.66. The van der Waals surface area contributed by atoms with Crippen LogP contribution in [0.3, 0.4) is 0 Å². The molecule has 1 aromatic carbocycles. The number of hydrogen-bond acceptors (Lipinski definition) is 6. The normalized spacial score (nSPS) is 15.1. The number of halogens is 1. The summed E-state index contributed by atoms with van der Waals surface area (Å²) in [7, 11) is 0. The smallest absolute Gasteiger partial charge is 0.256 e. The molecule has 0 aliphatic carbocycles. The number of hydrogen-bond donors (Lipinski definition) is 4. The van der Waals surface area contributed by atoms with Crippen molar-refractivity contribution in [3.63, 3.8) is 0 Å². The summed E-state index contributed by atoms with van der Waals surface area (Å²) in [5.41, 5.74) is 4.31. The summed E-state index contributed by atoms with van der Waals surface area (Å²) in [6.45, 7) is 3.71. The first kappa shape index (κ1) is 20.8. The SMILES string of the molecule is Cc1[nH]c(C=C2C(=O)Nc3ccc(Cl)cc32)c(C)c1C(=O)NCC(O)Cn1ncnn1. The molecule has 3 aromatic rings. The van der Waals surface area contributed by atoms with Crippen molar-refractivity contribution in [1.29, 1.82) is 0 Å². The number of rotatable bonds is 6.